The van der Waals surface area contributed by atoms with Gasteiger partial charge in [0, 0.05) is 29.1 Å². The van der Waals surface area contributed by atoms with Gasteiger partial charge in [-0.15, -0.1) is 10.2 Å². The van der Waals surface area contributed by atoms with E-state index in [0.29, 0.717) is 62.6 Å². The van der Waals surface area contributed by atoms with E-state index in [0.717, 1.165) is 4.90 Å². The number of hydrogen-bond donors (Lipinski definition) is 0. The number of aromatic nitrogens is 3. The molecule has 4 aromatic rings. The Labute approximate surface area is 229 Å². The van der Waals surface area contributed by atoms with E-state index in [-0.39, 0.29) is 12.3 Å². The fourth-order valence-electron chi connectivity index (χ4n) is 4.42. The molecule has 0 atom stereocenters. The van der Waals surface area contributed by atoms with Crippen molar-refractivity contribution in [2.75, 3.05) is 20.6 Å². The summed E-state index contributed by atoms with van der Waals surface area (Å²) in [7, 11) is 3.88. The zero-order valence-electron chi connectivity index (χ0n) is 20.7. The molecule has 0 fully saturated rings. The number of nitrogens with zero attached hydrogens (tertiary/aromatic N) is 5. The molecule has 2 heterocycles. The Bertz CT molecular complexity index is 1550. The number of benzene rings is 3. The van der Waals surface area contributed by atoms with E-state index in [4.69, 9.17) is 23.2 Å². The van der Waals surface area contributed by atoms with Crippen LogP contribution in [0.25, 0.3) is 5.69 Å². The van der Waals surface area contributed by atoms with Gasteiger partial charge in [-0.25, -0.2) is 0 Å². The summed E-state index contributed by atoms with van der Waals surface area (Å²) < 4.78 is 1.73. The summed E-state index contributed by atoms with van der Waals surface area (Å²) in [5, 5.41) is 9.42. The molecule has 0 N–H and O–H groups in total. The molecule has 38 heavy (non-hydrogen) atoms. The van der Waals surface area contributed by atoms with Gasteiger partial charge in [0.1, 0.15) is 5.82 Å². The molecule has 0 bridgehead atoms. The van der Waals surface area contributed by atoms with Crippen LogP contribution in [0.3, 0.4) is 0 Å². The third kappa shape index (κ3) is 4.74. The maximum atomic E-state index is 13.7. The molecular weight excluding hydrogens is 525 g/mol. The second-order valence-corrected chi connectivity index (χ2v) is 9.98. The van der Waals surface area contributed by atoms with Crippen molar-refractivity contribution in [2.24, 2.45) is 0 Å². The molecule has 3 aromatic carbocycles. The molecule has 0 radical (unpaired) electrons. The zero-order valence-corrected chi connectivity index (χ0v) is 22.2. The van der Waals surface area contributed by atoms with Crippen molar-refractivity contribution >= 4 is 40.8 Å². The van der Waals surface area contributed by atoms with Crippen molar-refractivity contribution in [2.45, 2.75) is 13.0 Å². The van der Waals surface area contributed by atoms with Gasteiger partial charge in [-0.3, -0.25) is 23.9 Å². The first-order valence-corrected chi connectivity index (χ1v) is 12.6. The van der Waals surface area contributed by atoms with Gasteiger partial charge in [-0.05, 0) is 56.6 Å². The Hall–Kier alpha value is -3.85. The first kappa shape index (κ1) is 25.8. The Morgan fingerprint density at radius 2 is 1.47 bits per heavy atom. The summed E-state index contributed by atoms with van der Waals surface area (Å²) in [5.41, 5.74) is 1.78. The minimum Gasteiger partial charge on any atom is -0.309 e. The highest BCUT2D eigenvalue weighted by Gasteiger charge is 2.36. The highest BCUT2D eigenvalue weighted by atomic mass is 35.5. The summed E-state index contributed by atoms with van der Waals surface area (Å²) >= 11 is 12.7. The van der Waals surface area contributed by atoms with Gasteiger partial charge in [-0.1, -0.05) is 47.5 Å². The van der Waals surface area contributed by atoms with E-state index in [1.807, 2.05) is 19.0 Å². The number of carbonyl (C=O) groups is 3. The largest absolute Gasteiger partial charge is 0.309 e. The molecule has 2 amide bonds. The number of imide groups is 1. The third-order valence-electron chi connectivity index (χ3n) is 6.32. The molecule has 0 saturated heterocycles. The predicted octanol–water partition coefficient (Wildman–Crippen LogP) is 4.71. The average molecular weight is 548 g/mol. The van der Waals surface area contributed by atoms with Crippen LogP contribution in [-0.4, -0.2) is 62.8 Å². The Morgan fingerprint density at radius 3 is 2.13 bits per heavy atom. The number of fused-ring (bicyclic) bond motifs is 1. The highest BCUT2D eigenvalue weighted by molar-refractivity contribution is 6.35. The van der Waals surface area contributed by atoms with Crippen molar-refractivity contribution in [3.05, 3.63) is 111 Å². The van der Waals surface area contributed by atoms with Crippen molar-refractivity contribution < 1.29 is 14.4 Å². The lowest BCUT2D eigenvalue weighted by Crippen LogP contribution is -2.30. The van der Waals surface area contributed by atoms with Gasteiger partial charge in [-0.2, -0.15) is 0 Å². The molecule has 0 spiro atoms. The minimum atomic E-state index is -0.404. The van der Waals surface area contributed by atoms with Gasteiger partial charge in [0.05, 0.1) is 28.4 Å². The molecule has 0 saturated carbocycles. The first-order chi connectivity index (χ1) is 18.3. The lowest BCUT2D eigenvalue weighted by molar-refractivity contribution is 0.0637. The number of halogens is 2. The zero-order chi connectivity index (χ0) is 27.0. The Morgan fingerprint density at radius 1 is 0.842 bits per heavy atom. The average Bonchev–Trinajstić information content (AvgIpc) is 3.41. The van der Waals surface area contributed by atoms with Crippen molar-refractivity contribution in [3.63, 3.8) is 0 Å². The first-order valence-electron chi connectivity index (χ1n) is 11.9. The SMILES string of the molecule is CN(C)CCc1nnc(CN2C(=O)c3ccccc3C2=O)n1-c1ccc(Cl)cc1C(=O)c1ccccc1Cl. The van der Waals surface area contributed by atoms with Gasteiger partial charge in [0.25, 0.3) is 11.8 Å². The maximum absolute atomic E-state index is 13.7. The molecule has 10 heteroatoms. The molecule has 1 aliphatic rings. The normalized spacial score (nSPS) is 12.9. The lowest BCUT2D eigenvalue weighted by Gasteiger charge is -2.18. The number of carbonyl (C=O) groups excluding carboxylic acids is 3. The quantitative estimate of drug-likeness (QED) is 0.234. The van der Waals surface area contributed by atoms with Crippen LogP contribution in [0.15, 0.2) is 66.7 Å². The molecule has 0 aliphatic carbocycles. The van der Waals surface area contributed by atoms with E-state index in [2.05, 4.69) is 10.2 Å². The number of rotatable bonds is 8. The highest BCUT2D eigenvalue weighted by Crippen LogP contribution is 2.29. The van der Waals surface area contributed by atoms with Crippen molar-refractivity contribution in [1.82, 2.24) is 24.6 Å². The van der Waals surface area contributed by atoms with Crippen LogP contribution in [0.2, 0.25) is 10.0 Å². The number of amides is 2. The van der Waals surface area contributed by atoms with Crippen molar-refractivity contribution in [1.29, 1.82) is 0 Å². The summed E-state index contributed by atoms with van der Waals surface area (Å²) in [4.78, 5) is 43.0. The van der Waals surface area contributed by atoms with E-state index >= 15 is 0 Å². The molecule has 1 aliphatic heterocycles. The minimum absolute atomic E-state index is 0.121. The summed E-state index contributed by atoms with van der Waals surface area (Å²) in [6, 6.07) is 18.4. The Balaban J connectivity index is 1.62. The monoisotopic (exact) mass is 547 g/mol. The van der Waals surface area contributed by atoms with Gasteiger partial charge in [0.2, 0.25) is 0 Å². The van der Waals surface area contributed by atoms with Gasteiger partial charge < -0.3 is 4.90 Å². The second kappa shape index (κ2) is 10.5. The third-order valence-corrected chi connectivity index (χ3v) is 6.88. The molecule has 8 nitrogen and oxygen atoms in total. The standard InChI is InChI=1S/C28H23Cl2N5O3/c1-33(2)14-13-24-31-32-25(16-34-27(37)18-7-3-4-8-19(18)28(34)38)35(24)23-12-11-17(29)15-21(23)26(36)20-9-5-6-10-22(20)30/h3-12,15H,13-14,16H2,1-2H3. The van der Waals surface area contributed by atoms with E-state index in [1.54, 1.807) is 71.3 Å². The van der Waals surface area contributed by atoms with Crippen LogP contribution in [0.5, 0.6) is 0 Å². The number of likely N-dealkylation sites (N-methyl/N-ethyl adjacent to an activating group) is 1. The van der Waals surface area contributed by atoms with Gasteiger partial charge >= 0.3 is 0 Å². The fraction of sp³-hybridized carbons (Fsp3) is 0.179. The predicted molar refractivity (Wildman–Crippen MR) is 144 cm³/mol. The summed E-state index contributed by atoms with van der Waals surface area (Å²) in [5.74, 6) is -0.228. The number of hydrogen-bond acceptors (Lipinski definition) is 6. The smallest absolute Gasteiger partial charge is 0.261 e. The summed E-state index contributed by atoms with van der Waals surface area (Å²) in [6.45, 7) is 0.538. The van der Waals surface area contributed by atoms with Gasteiger partial charge in [0.15, 0.2) is 11.6 Å². The molecule has 0 unspecified atom stereocenters. The Kier molecular flexibility index (Phi) is 7.12. The molecule has 5 rings (SSSR count). The van der Waals surface area contributed by atoms with Crippen LogP contribution in [0, 0.1) is 0 Å². The van der Waals surface area contributed by atoms with Crippen LogP contribution in [0.4, 0.5) is 0 Å². The van der Waals surface area contributed by atoms with Crippen LogP contribution < -0.4 is 0 Å². The molecular formula is C28H23Cl2N5O3. The van der Waals surface area contributed by atoms with Crippen LogP contribution in [0.1, 0.15) is 48.3 Å². The molecule has 192 valence electrons. The molecule has 1 aromatic heterocycles. The second-order valence-electron chi connectivity index (χ2n) is 9.13. The maximum Gasteiger partial charge on any atom is 0.261 e. The van der Waals surface area contributed by atoms with Crippen molar-refractivity contribution in [3.8, 4) is 5.69 Å². The summed E-state index contributed by atoms with van der Waals surface area (Å²) in [6.07, 6.45) is 0.504. The number of ketones is 1. The fourth-order valence-corrected chi connectivity index (χ4v) is 4.81. The van der Waals surface area contributed by atoms with Crippen LogP contribution >= 0.6 is 23.2 Å². The van der Waals surface area contributed by atoms with Crippen LogP contribution in [-0.2, 0) is 13.0 Å². The topological polar surface area (TPSA) is 88.4 Å². The lowest BCUT2D eigenvalue weighted by atomic mass is 10.0. The van der Waals surface area contributed by atoms with E-state index < -0.39 is 11.8 Å². The van der Waals surface area contributed by atoms with E-state index in [1.165, 1.54) is 0 Å². The van der Waals surface area contributed by atoms with E-state index in [9.17, 15) is 14.4 Å².